The van der Waals surface area contributed by atoms with Crippen LogP contribution in [0.15, 0.2) is 0 Å². The van der Waals surface area contributed by atoms with Crippen molar-refractivity contribution in [1.29, 1.82) is 0 Å². The Morgan fingerprint density at radius 3 is 3.00 bits per heavy atom. The lowest BCUT2D eigenvalue weighted by atomic mass is 10.2. The molecule has 1 heterocycles. The first-order chi connectivity index (χ1) is 8.59. The second-order valence-corrected chi connectivity index (χ2v) is 4.19. The largest absolute Gasteiger partial charge is 0.375 e. The number of carbonyl (C=O) groups is 1. The van der Waals surface area contributed by atoms with E-state index in [4.69, 9.17) is 4.74 Å². The van der Waals surface area contributed by atoms with Crippen LogP contribution in [0.3, 0.4) is 0 Å². The second kappa shape index (κ2) is 8.34. The second-order valence-electron chi connectivity index (χ2n) is 4.19. The standard InChI is InChI=1S/C11H20F2N2O3/c1-15(7-9-6-14-3-5-18-9)11(16)2-4-17-8-10(12)13/h9-10,14H,2-8H2,1H3. The number of halogens is 2. The van der Waals surface area contributed by atoms with Gasteiger partial charge in [0.05, 0.1) is 25.7 Å². The number of hydrogen-bond acceptors (Lipinski definition) is 4. The molecule has 0 radical (unpaired) electrons. The first-order valence-electron chi connectivity index (χ1n) is 6.01. The SMILES string of the molecule is CN(CC1CNCCO1)C(=O)CCOCC(F)F. The van der Waals surface area contributed by atoms with E-state index < -0.39 is 13.0 Å². The predicted octanol–water partition coefficient (Wildman–Crippen LogP) is 0.105. The number of amides is 1. The van der Waals surface area contributed by atoms with Crippen LogP contribution >= 0.6 is 0 Å². The molecule has 1 rings (SSSR count). The summed E-state index contributed by atoms with van der Waals surface area (Å²) < 4.78 is 33.7. The summed E-state index contributed by atoms with van der Waals surface area (Å²) in [5.74, 6) is -0.126. The number of hydrogen-bond donors (Lipinski definition) is 1. The molecule has 1 N–H and O–H groups in total. The lowest BCUT2D eigenvalue weighted by molar-refractivity contribution is -0.133. The number of rotatable bonds is 7. The van der Waals surface area contributed by atoms with Crippen LogP contribution in [0.5, 0.6) is 0 Å². The Hall–Kier alpha value is -0.790. The molecule has 106 valence electrons. The molecule has 1 aliphatic rings. The summed E-state index contributed by atoms with van der Waals surface area (Å²) in [6, 6.07) is 0. The lowest BCUT2D eigenvalue weighted by Crippen LogP contribution is -2.45. The maximum atomic E-state index is 11.8. The van der Waals surface area contributed by atoms with Gasteiger partial charge in [-0.1, -0.05) is 0 Å². The Balaban J connectivity index is 2.11. The van der Waals surface area contributed by atoms with Crippen LogP contribution in [0.1, 0.15) is 6.42 Å². The van der Waals surface area contributed by atoms with Gasteiger partial charge >= 0.3 is 0 Å². The summed E-state index contributed by atoms with van der Waals surface area (Å²) in [6.07, 6.45) is -2.38. The molecule has 5 nitrogen and oxygen atoms in total. The fraction of sp³-hybridized carbons (Fsp3) is 0.909. The molecule has 1 amide bonds. The maximum Gasteiger partial charge on any atom is 0.261 e. The Kier molecular flexibility index (Phi) is 7.07. The van der Waals surface area contributed by atoms with Gasteiger partial charge < -0.3 is 19.7 Å². The molecule has 0 aromatic heterocycles. The third kappa shape index (κ3) is 6.23. The smallest absolute Gasteiger partial charge is 0.261 e. The van der Waals surface area contributed by atoms with Gasteiger partial charge in [0.1, 0.15) is 6.61 Å². The van der Waals surface area contributed by atoms with Crippen LogP contribution in [0.2, 0.25) is 0 Å². The number of nitrogens with zero attached hydrogens (tertiary/aromatic N) is 1. The zero-order chi connectivity index (χ0) is 13.4. The first-order valence-corrected chi connectivity index (χ1v) is 6.01. The average Bonchev–Trinajstić information content (AvgIpc) is 2.35. The van der Waals surface area contributed by atoms with Gasteiger partial charge in [0.2, 0.25) is 5.91 Å². The molecular weight excluding hydrogens is 246 g/mol. The Bertz CT molecular complexity index is 248. The number of ether oxygens (including phenoxy) is 2. The zero-order valence-corrected chi connectivity index (χ0v) is 10.5. The first kappa shape index (κ1) is 15.3. The van der Waals surface area contributed by atoms with Gasteiger partial charge in [-0.3, -0.25) is 4.79 Å². The van der Waals surface area contributed by atoms with Crippen molar-refractivity contribution in [2.24, 2.45) is 0 Å². The van der Waals surface area contributed by atoms with Gasteiger partial charge in [-0.2, -0.15) is 0 Å². The Morgan fingerprint density at radius 2 is 2.39 bits per heavy atom. The minimum atomic E-state index is -2.49. The van der Waals surface area contributed by atoms with E-state index in [1.807, 2.05) is 0 Å². The monoisotopic (exact) mass is 266 g/mol. The van der Waals surface area contributed by atoms with Crippen molar-refractivity contribution in [3.05, 3.63) is 0 Å². The summed E-state index contributed by atoms with van der Waals surface area (Å²) in [4.78, 5) is 13.2. The molecular formula is C11H20F2N2O3. The summed E-state index contributed by atoms with van der Waals surface area (Å²) in [7, 11) is 1.67. The highest BCUT2D eigenvalue weighted by atomic mass is 19.3. The van der Waals surface area contributed by atoms with Gasteiger partial charge in [-0.05, 0) is 0 Å². The number of morpholine rings is 1. The van der Waals surface area contributed by atoms with Crippen LogP contribution in [-0.4, -0.2) is 69.8 Å². The molecule has 0 spiro atoms. The normalized spacial score (nSPS) is 20.1. The van der Waals surface area contributed by atoms with E-state index in [1.54, 1.807) is 11.9 Å². The Morgan fingerprint density at radius 1 is 1.61 bits per heavy atom. The van der Waals surface area contributed by atoms with Crippen molar-refractivity contribution in [1.82, 2.24) is 10.2 Å². The van der Waals surface area contributed by atoms with Gasteiger partial charge in [-0.25, -0.2) is 8.78 Å². The minimum absolute atomic E-state index is 0.00492. The third-order valence-corrected chi connectivity index (χ3v) is 2.61. The molecule has 0 saturated carbocycles. The quantitative estimate of drug-likeness (QED) is 0.664. The summed E-state index contributed by atoms with van der Waals surface area (Å²) in [6.45, 7) is 2.10. The van der Waals surface area contributed by atoms with Crippen molar-refractivity contribution < 1.29 is 23.0 Å². The summed E-state index contributed by atoms with van der Waals surface area (Å²) in [5, 5.41) is 3.17. The Labute approximate surface area is 105 Å². The molecule has 1 aliphatic heterocycles. The molecule has 0 bridgehead atoms. The van der Waals surface area contributed by atoms with E-state index in [0.717, 1.165) is 13.1 Å². The average molecular weight is 266 g/mol. The van der Waals surface area contributed by atoms with Crippen LogP contribution < -0.4 is 5.32 Å². The van der Waals surface area contributed by atoms with Gasteiger partial charge in [0.25, 0.3) is 6.43 Å². The maximum absolute atomic E-state index is 11.8. The molecule has 7 heteroatoms. The molecule has 0 aromatic rings. The molecule has 1 unspecified atom stereocenters. The van der Waals surface area contributed by atoms with Gasteiger partial charge in [0.15, 0.2) is 0 Å². The van der Waals surface area contributed by atoms with Crippen molar-refractivity contribution in [2.45, 2.75) is 19.0 Å². The van der Waals surface area contributed by atoms with Crippen LogP contribution in [0, 0.1) is 0 Å². The van der Waals surface area contributed by atoms with E-state index in [9.17, 15) is 13.6 Å². The third-order valence-electron chi connectivity index (χ3n) is 2.61. The fourth-order valence-electron chi connectivity index (χ4n) is 1.67. The van der Waals surface area contributed by atoms with Crippen LogP contribution in [0.25, 0.3) is 0 Å². The number of alkyl halides is 2. The topological polar surface area (TPSA) is 50.8 Å². The molecule has 1 atom stereocenters. The highest BCUT2D eigenvalue weighted by Gasteiger charge is 2.18. The van der Waals surface area contributed by atoms with Crippen molar-refractivity contribution >= 4 is 5.91 Å². The van der Waals surface area contributed by atoms with Crippen molar-refractivity contribution in [3.63, 3.8) is 0 Å². The van der Waals surface area contributed by atoms with Gasteiger partial charge in [-0.15, -0.1) is 0 Å². The van der Waals surface area contributed by atoms with Gasteiger partial charge in [0, 0.05) is 26.7 Å². The molecule has 0 aromatic carbocycles. The highest BCUT2D eigenvalue weighted by molar-refractivity contribution is 5.75. The number of likely N-dealkylation sites (N-methyl/N-ethyl adjacent to an activating group) is 1. The lowest BCUT2D eigenvalue weighted by Gasteiger charge is -2.28. The van der Waals surface area contributed by atoms with Crippen LogP contribution in [-0.2, 0) is 14.3 Å². The van der Waals surface area contributed by atoms with E-state index in [0.29, 0.717) is 13.2 Å². The molecule has 1 saturated heterocycles. The van der Waals surface area contributed by atoms with E-state index >= 15 is 0 Å². The highest BCUT2D eigenvalue weighted by Crippen LogP contribution is 2.01. The van der Waals surface area contributed by atoms with E-state index in [2.05, 4.69) is 10.1 Å². The zero-order valence-electron chi connectivity index (χ0n) is 10.5. The predicted molar refractivity (Wildman–Crippen MR) is 61.7 cm³/mol. The van der Waals surface area contributed by atoms with Crippen LogP contribution in [0.4, 0.5) is 8.78 Å². The summed E-state index contributed by atoms with van der Waals surface area (Å²) >= 11 is 0. The molecule has 1 fully saturated rings. The summed E-state index contributed by atoms with van der Waals surface area (Å²) in [5.41, 5.74) is 0. The molecule has 18 heavy (non-hydrogen) atoms. The van der Waals surface area contributed by atoms with Crippen molar-refractivity contribution in [2.75, 3.05) is 46.5 Å². The minimum Gasteiger partial charge on any atom is -0.375 e. The molecule has 0 aliphatic carbocycles. The van der Waals surface area contributed by atoms with Crippen molar-refractivity contribution in [3.8, 4) is 0 Å². The fourth-order valence-corrected chi connectivity index (χ4v) is 1.67. The van der Waals surface area contributed by atoms with E-state index in [-0.39, 0.29) is 25.0 Å². The van der Waals surface area contributed by atoms with E-state index in [1.165, 1.54) is 0 Å². The number of carbonyl (C=O) groups excluding carboxylic acids is 1. The number of nitrogens with one attached hydrogen (secondary N) is 1.